The van der Waals surface area contributed by atoms with Crippen LogP contribution in [0.1, 0.15) is 20.3 Å². The van der Waals surface area contributed by atoms with E-state index in [9.17, 15) is 5.11 Å². The van der Waals surface area contributed by atoms with Gasteiger partial charge in [-0.05, 0) is 13.8 Å². The predicted octanol–water partition coefficient (Wildman–Crippen LogP) is 0.223. The number of nitrogens with zero attached hydrogens (tertiary/aromatic N) is 3. The van der Waals surface area contributed by atoms with E-state index in [1.807, 2.05) is 13.8 Å². The van der Waals surface area contributed by atoms with Gasteiger partial charge in [0.15, 0.2) is 0 Å². The smallest absolute Gasteiger partial charge is 0.138 e. The molecule has 0 amide bonds. The van der Waals surface area contributed by atoms with Crippen LogP contribution < -0.4 is 0 Å². The lowest BCUT2D eigenvalue weighted by molar-refractivity contribution is -0.257. The highest BCUT2D eigenvalue weighted by atomic mass is 16.5. The van der Waals surface area contributed by atoms with Gasteiger partial charge in [0, 0.05) is 26.3 Å². The summed E-state index contributed by atoms with van der Waals surface area (Å²) >= 11 is 0. The Morgan fingerprint density at radius 2 is 2.41 bits per heavy atom. The minimum absolute atomic E-state index is 0.304. The highest BCUT2D eigenvalue weighted by Crippen LogP contribution is 2.38. The average molecular weight is 241 g/mol. The molecule has 1 aliphatic heterocycles. The second-order valence-electron chi connectivity index (χ2n) is 4.72. The van der Waals surface area contributed by atoms with Crippen LogP contribution in [0.5, 0.6) is 0 Å². The number of rotatable bonds is 3. The summed E-state index contributed by atoms with van der Waals surface area (Å²) in [5.74, 6) is 0. The zero-order chi connectivity index (χ0) is 12.5. The van der Waals surface area contributed by atoms with Gasteiger partial charge in [-0.3, -0.25) is 0 Å². The van der Waals surface area contributed by atoms with Gasteiger partial charge >= 0.3 is 0 Å². The molecule has 3 atom stereocenters. The Morgan fingerprint density at radius 1 is 1.65 bits per heavy atom. The molecule has 0 unspecified atom stereocenters. The average Bonchev–Trinajstić information content (AvgIpc) is 2.79. The summed E-state index contributed by atoms with van der Waals surface area (Å²) < 4.78 is 12.7. The van der Waals surface area contributed by atoms with Gasteiger partial charge in [0.05, 0.1) is 18.8 Å². The van der Waals surface area contributed by atoms with Crippen molar-refractivity contribution in [2.75, 3.05) is 13.7 Å². The van der Waals surface area contributed by atoms with E-state index in [1.165, 1.54) is 0 Å². The molecule has 1 saturated heterocycles. The molecule has 1 aromatic heterocycles. The summed E-state index contributed by atoms with van der Waals surface area (Å²) in [7, 11) is 1.62. The number of methoxy groups -OCH3 is 1. The summed E-state index contributed by atoms with van der Waals surface area (Å²) in [6.07, 6.45) is 3.64. The van der Waals surface area contributed by atoms with Crippen molar-refractivity contribution < 1.29 is 14.6 Å². The van der Waals surface area contributed by atoms with Crippen molar-refractivity contribution in [3.8, 4) is 0 Å². The molecule has 2 rings (SSSR count). The molecule has 0 aliphatic carbocycles. The van der Waals surface area contributed by atoms with Crippen LogP contribution in [0.25, 0.3) is 0 Å². The number of hydrogen-bond donors (Lipinski definition) is 1. The van der Waals surface area contributed by atoms with Crippen molar-refractivity contribution in [2.45, 2.75) is 44.1 Å². The molecule has 0 aromatic carbocycles. The topological polar surface area (TPSA) is 69.4 Å². The van der Waals surface area contributed by atoms with Gasteiger partial charge in [0.1, 0.15) is 11.2 Å². The summed E-state index contributed by atoms with van der Waals surface area (Å²) in [5.41, 5.74) is -1.76. The quantitative estimate of drug-likeness (QED) is 0.820. The molecule has 0 spiro atoms. The van der Waals surface area contributed by atoms with Crippen LogP contribution in [0.4, 0.5) is 0 Å². The van der Waals surface area contributed by atoms with E-state index in [4.69, 9.17) is 9.47 Å². The Bertz CT molecular complexity index is 370. The number of aromatic nitrogens is 3. The summed E-state index contributed by atoms with van der Waals surface area (Å²) in [6, 6.07) is 0. The van der Waals surface area contributed by atoms with Crippen LogP contribution in [-0.2, 0) is 16.0 Å². The van der Waals surface area contributed by atoms with Crippen LogP contribution in [0.2, 0.25) is 0 Å². The van der Waals surface area contributed by atoms with Crippen LogP contribution >= 0.6 is 0 Å². The Kier molecular flexibility index (Phi) is 3.20. The highest BCUT2D eigenvalue weighted by Gasteiger charge is 2.54. The molecule has 6 heteroatoms. The maximum absolute atomic E-state index is 10.9. The minimum atomic E-state index is -1.12. The molecule has 0 bridgehead atoms. The maximum atomic E-state index is 10.9. The fraction of sp³-hybridized carbons (Fsp3) is 0.818. The van der Waals surface area contributed by atoms with Gasteiger partial charge in [0.2, 0.25) is 0 Å². The Balaban J connectivity index is 2.28. The molecular formula is C11H19N3O3. The first-order valence-electron chi connectivity index (χ1n) is 5.75. The normalized spacial score (nSPS) is 38.2. The van der Waals surface area contributed by atoms with Crippen molar-refractivity contribution in [3.63, 3.8) is 0 Å². The van der Waals surface area contributed by atoms with Crippen LogP contribution in [0.15, 0.2) is 12.4 Å². The number of ether oxygens (including phenoxy) is 2. The molecule has 1 aromatic rings. The molecule has 1 N–H and O–H groups in total. The van der Waals surface area contributed by atoms with Crippen LogP contribution in [0.3, 0.4) is 0 Å². The maximum Gasteiger partial charge on any atom is 0.138 e. The van der Waals surface area contributed by atoms with Gasteiger partial charge in [-0.25, -0.2) is 4.68 Å². The van der Waals surface area contributed by atoms with Gasteiger partial charge < -0.3 is 14.6 Å². The first-order chi connectivity index (χ1) is 8.02. The van der Waals surface area contributed by atoms with Crippen molar-refractivity contribution >= 4 is 0 Å². The summed E-state index contributed by atoms with van der Waals surface area (Å²) in [6.45, 7) is 4.65. The lowest BCUT2D eigenvalue weighted by Gasteiger charge is -2.50. The first-order valence-corrected chi connectivity index (χ1v) is 5.75. The molecule has 0 saturated carbocycles. The molecule has 0 radical (unpaired) electrons. The van der Waals surface area contributed by atoms with Crippen molar-refractivity contribution in [1.82, 2.24) is 15.0 Å². The first kappa shape index (κ1) is 12.5. The van der Waals surface area contributed by atoms with Crippen LogP contribution in [0, 0.1) is 0 Å². The van der Waals surface area contributed by atoms with Gasteiger partial charge in [0.25, 0.3) is 0 Å². The van der Waals surface area contributed by atoms with Gasteiger partial charge in [-0.15, -0.1) is 5.10 Å². The second-order valence-corrected chi connectivity index (χ2v) is 4.72. The molecule has 17 heavy (non-hydrogen) atoms. The standard InChI is InChI=1S/C11H19N3O3/c1-9-11(15,8-14-6-5-12-13-14)10(2,16-3)4-7-17-9/h5-6,9,15H,4,7-8H2,1-3H3/t9-,10+,11-/m0/s1. The molecule has 1 fully saturated rings. The lowest BCUT2D eigenvalue weighted by Crippen LogP contribution is -2.65. The van der Waals surface area contributed by atoms with E-state index in [-0.39, 0.29) is 6.10 Å². The van der Waals surface area contributed by atoms with E-state index < -0.39 is 11.2 Å². The SMILES string of the molecule is CO[C@]1(C)CCO[C@@H](C)[C@@]1(O)Cn1ccnn1. The summed E-state index contributed by atoms with van der Waals surface area (Å²) in [5, 5.41) is 18.5. The third-order valence-corrected chi connectivity index (χ3v) is 3.86. The van der Waals surface area contributed by atoms with Crippen molar-refractivity contribution in [1.29, 1.82) is 0 Å². The Labute approximate surface area is 101 Å². The van der Waals surface area contributed by atoms with Gasteiger partial charge in [-0.1, -0.05) is 5.21 Å². The fourth-order valence-electron chi connectivity index (χ4n) is 2.35. The van der Waals surface area contributed by atoms with E-state index in [0.717, 1.165) is 0 Å². The van der Waals surface area contributed by atoms with Crippen molar-refractivity contribution in [2.24, 2.45) is 0 Å². The molecule has 2 heterocycles. The van der Waals surface area contributed by atoms with E-state index in [0.29, 0.717) is 19.6 Å². The highest BCUT2D eigenvalue weighted by molar-refractivity contribution is 5.04. The molecule has 1 aliphatic rings. The number of aliphatic hydroxyl groups is 1. The predicted molar refractivity (Wildman–Crippen MR) is 60.4 cm³/mol. The minimum Gasteiger partial charge on any atom is -0.382 e. The molecular weight excluding hydrogens is 222 g/mol. The van der Waals surface area contributed by atoms with Crippen LogP contribution in [-0.4, -0.2) is 51.1 Å². The Hall–Kier alpha value is -0.980. The third-order valence-electron chi connectivity index (χ3n) is 3.86. The van der Waals surface area contributed by atoms with Gasteiger partial charge in [-0.2, -0.15) is 0 Å². The monoisotopic (exact) mass is 241 g/mol. The Morgan fingerprint density at radius 3 is 3.00 bits per heavy atom. The van der Waals surface area contributed by atoms with E-state index >= 15 is 0 Å². The largest absolute Gasteiger partial charge is 0.382 e. The lowest BCUT2D eigenvalue weighted by atomic mass is 9.76. The second kappa shape index (κ2) is 4.36. The van der Waals surface area contributed by atoms with E-state index in [1.54, 1.807) is 24.2 Å². The zero-order valence-corrected chi connectivity index (χ0v) is 10.5. The van der Waals surface area contributed by atoms with Crippen molar-refractivity contribution in [3.05, 3.63) is 12.4 Å². The summed E-state index contributed by atoms with van der Waals surface area (Å²) in [4.78, 5) is 0. The fourth-order valence-corrected chi connectivity index (χ4v) is 2.35. The third kappa shape index (κ3) is 1.96. The number of hydrogen-bond acceptors (Lipinski definition) is 5. The molecule has 96 valence electrons. The van der Waals surface area contributed by atoms with E-state index in [2.05, 4.69) is 10.3 Å². The zero-order valence-electron chi connectivity index (χ0n) is 10.5. The molecule has 6 nitrogen and oxygen atoms in total.